The molecule has 0 amide bonds. The molecule has 4 nitrogen and oxygen atoms in total. The van der Waals surface area contributed by atoms with Gasteiger partial charge in [-0.25, -0.2) is 9.59 Å². The van der Waals surface area contributed by atoms with Gasteiger partial charge in [-0.1, -0.05) is 48.0 Å². The molecular formula is C21H13ClO4. The second-order valence-corrected chi connectivity index (χ2v) is 6.27. The summed E-state index contributed by atoms with van der Waals surface area (Å²) in [6.45, 7) is -0.0402. The maximum absolute atomic E-state index is 12.3. The van der Waals surface area contributed by atoms with E-state index in [1.54, 1.807) is 24.3 Å². The van der Waals surface area contributed by atoms with Gasteiger partial charge in [0.1, 0.15) is 12.2 Å². The van der Waals surface area contributed by atoms with E-state index in [4.69, 9.17) is 20.8 Å². The third kappa shape index (κ3) is 3.07. The fraction of sp³-hybridized carbons (Fsp3) is 0.0476. The van der Waals surface area contributed by atoms with Crippen molar-refractivity contribution in [2.75, 3.05) is 0 Å². The topological polar surface area (TPSA) is 56.5 Å². The van der Waals surface area contributed by atoms with Crippen LogP contribution in [0.3, 0.4) is 0 Å². The lowest BCUT2D eigenvalue weighted by atomic mass is 10.0. The van der Waals surface area contributed by atoms with Gasteiger partial charge < -0.3 is 9.15 Å². The average molecular weight is 365 g/mol. The molecule has 4 aromatic rings. The molecule has 0 bridgehead atoms. The Morgan fingerprint density at radius 2 is 1.85 bits per heavy atom. The first kappa shape index (κ1) is 16.4. The summed E-state index contributed by atoms with van der Waals surface area (Å²) < 4.78 is 10.7. The molecule has 0 aliphatic rings. The summed E-state index contributed by atoms with van der Waals surface area (Å²) in [6.07, 6.45) is 0. The van der Waals surface area contributed by atoms with Crippen LogP contribution in [0.5, 0.6) is 0 Å². The van der Waals surface area contributed by atoms with Gasteiger partial charge in [0.2, 0.25) is 0 Å². The second-order valence-electron chi connectivity index (χ2n) is 5.84. The van der Waals surface area contributed by atoms with Crippen LogP contribution in [0.1, 0.15) is 15.9 Å². The molecule has 0 N–H and O–H groups in total. The van der Waals surface area contributed by atoms with E-state index in [0.29, 0.717) is 21.7 Å². The Kier molecular flexibility index (Phi) is 4.19. The molecular weight excluding hydrogens is 352 g/mol. The minimum absolute atomic E-state index is 0.0402. The van der Waals surface area contributed by atoms with Gasteiger partial charge in [0, 0.05) is 22.0 Å². The molecule has 26 heavy (non-hydrogen) atoms. The van der Waals surface area contributed by atoms with Gasteiger partial charge in [0.25, 0.3) is 0 Å². The first-order chi connectivity index (χ1) is 12.6. The van der Waals surface area contributed by atoms with E-state index in [0.717, 1.165) is 16.2 Å². The van der Waals surface area contributed by atoms with Crippen molar-refractivity contribution in [1.29, 1.82) is 0 Å². The standard InChI is InChI=1S/C21H13ClO4/c22-16-6-3-5-14(10-16)21(24)25-12-15-11-19(23)26-18-9-8-13-4-1-2-7-17(13)20(15)18/h1-11H,12H2. The minimum Gasteiger partial charge on any atom is -0.457 e. The third-order valence-corrected chi connectivity index (χ3v) is 4.37. The van der Waals surface area contributed by atoms with Crippen LogP contribution in [-0.2, 0) is 11.3 Å². The van der Waals surface area contributed by atoms with Crippen LogP contribution in [-0.4, -0.2) is 5.97 Å². The van der Waals surface area contributed by atoms with Crippen molar-refractivity contribution in [3.8, 4) is 0 Å². The van der Waals surface area contributed by atoms with Crippen molar-refractivity contribution >= 4 is 39.3 Å². The highest BCUT2D eigenvalue weighted by atomic mass is 35.5. The molecule has 0 radical (unpaired) electrons. The Morgan fingerprint density at radius 3 is 2.69 bits per heavy atom. The van der Waals surface area contributed by atoms with Crippen LogP contribution in [0.25, 0.3) is 21.7 Å². The third-order valence-electron chi connectivity index (χ3n) is 4.13. The molecule has 128 valence electrons. The van der Waals surface area contributed by atoms with Gasteiger partial charge in [-0.15, -0.1) is 0 Å². The van der Waals surface area contributed by atoms with Gasteiger partial charge in [0.05, 0.1) is 5.56 Å². The zero-order valence-electron chi connectivity index (χ0n) is 13.6. The van der Waals surface area contributed by atoms with E-state index in [2.05, 4.69) is 0 Å². The minimum atomic E-state index is -0.505. The van der Waals surface area contributed by atoms with Gasteiger partial charge in [0.15, 0.2) is 0 Å². The average Bonchev–Trinajstić information content (AvgIpc) is 2.65. The van der Waals surface area contributed by atoms with Crippen molar-refractivity contribution in [1.82, 2.24) is 0 Å². The number of halogens is 1. The summed E-state index contributed by atoms with van der Waals surface area (Å²) in [5.41, 5.74) is 0.935. The van der Waals surface area contributed by atoms with Crippen LogP contribution in [0.15, 0.2) is 75.9 Å². The summed E-state index contributed by atoms with van der Waals surface area (Å²) in [7, 11) is 0. The van der Waals surface area contributed by atoms with Crippen LogP contribution >= 0.6 is 11.6 Å². The normalized spacial score (nSPS) is 11.0. The molecule has 1 heterocycles. The molecule has 0 spiro atoms. The molecule has 0 aliphatic heterocycles. The number of ether oxygens (including phenoxy) is 1. The number of fused-ring (bicyclic) bond motifs is 3. The summed E-state index contributed by atoms with van der Waals surface area (Å²) in [5, 5.41) is 3.16. The molecule has 3 aromatic carbocycles. The summed E-state index contributed by atoms with van der Waals surface area (Å²) in [5.74, 6) is -0.505. The zero-order valence-corrected chi connectivity index (χ0v) is 14.3. The highest BCUT2D eigenvalue weighted by Gasteiger charge is 2.13. The fourth-order valence-electron chi connectivity index (χ4n) is 2.98. The van der Waals surface area contributed by atoms with Crippen molar-refractivity contribution in [2.45, 2.75) is 6.61 Å². The predicted molar refractivity (Wildman–Crippen MR) is 101 cm³/mol. The SMILES string of the molecule is O=C(OCc1cc(=O)oc2ccc3ccccc3c12)c1cccc(Cl)c1. The lowest BCUT2D eigenvalue weighted by molar-refractivity contribution is 0.0474. The first-order valence-electron chi connectivity index (χ1n) is 7.99. The Balaban J connectivity index is 1.75. The number of esters is 1. The van der Waals surface area contributed by atoms with E-state index in [9.17, 15) is 9.59 Å². The number of hydrogen-bond donors (Lipinski definition) is 0. The van der Waals surface area contributed by atoms with E-state index >= 15 is 0 Å². The Morgan fingerprint density at radius 1 is 1.00 bits per heavy atom. The van der Waals surface area contributed by atoms with Gasteiger partial charge in [-0.05, 0) is 35.0 Å². The Hall–Kier alpha value is -3.11. The molecule has 0 aliphatic carbocycles. The zero-order chi connectivity index (χ0) is 18.1. The summed E-state index contributed by atoms with van der Waals surface area (Å²) in [4.78, 5) is 24.1. The van der Waals surface area contributed by atoms with Gasteiger partial charge >= 0.3 is 11.6 Å². The highest BCUT2D eigenvalue weighted by molar-refractivity contribution is 6.30. The highest BCUT2D eigenvalue weighted by Crippen LogP contribution is 2.28. The van der Waals surface area contributed by atoms with Gasteiger partial charge in [-0.2, -0.15) is 0 Å². The van der Waals surface area contributed by atoms with E-state index in [-0.39, 0.29) is 6.61 Å². The molecule has 0 atom stereocenters. The largest absolute Gasteiger partial charge is 0.457 e. The first-order valence-corrected chi connectivity index (χ1v) is 8.37. The molecule has 0 saturated carbocycles. The second kappa shape index (κ2) is 6.65. The summed E-state index contributed by atoms with van der Waals surface area (Å²) in [6, 6.07) is 19.3. The molecule has 0 unspecified atom stereocenters. The monoisotopic (exact) mass is 364 g/mol. The molecule has 1 aromatic heterocycles. The Labute approximate surface area is 153 Å². The van der Waals surface area contributed by atoms with Crippen LogP contribution in [0, 0.1) is 0 Å². The lowest BCUT2D eigenvalue weighted by Gasteiger charge is -2.10. The van der Waals surface area contributed by atoms with E-state index < -0.39 is 11.6 Å². The molecule has 0 saturated heterocycles. The van der Waals surface area contributed by atoms with E-state index in [1.807, 2.05) is 30.3 Å². The maximum Gasteiger partial charge on any atom is 0.338 e. The molecule has 0 fully saturated rings. The number of hydrogen-bond acceptors (Lipinski definition) is 4. The number of benzene rings is 3. The van der Waals surface area contributed by atoms with Crippen LogP contribution in [0.4, 0.5) is 0 Å². The van der Waals surface area contributed by atoms with Crippen molar-refractivity contribution in [3.05, 3.63) is 93.3 Å². The van der Waals surface area contributed by atoms with Crippen LogP contribution in [0.2, 0.25) is 5.02 Å². The smallest absolute Gasteiger partial charge is 0.338 e. The number of carbonyl (C=O) groups excluding carboxylic acids is 1. The van der Waals surface area contributed by atoms with Gasteiger partial charge in [-0.3, -0.25) is 0 Å². The molecule has 4 rings (SSSR count). The predicted octanol–water partition coefficient (Wildman–Crippen LogP) is 4.96. The number of rotatable bonds is 3. The fourth-order valence-corrected chi connectivity index (χ4v) is 3.17. The quantitative estimate of drug-likeness (QED) is 0.293. The molecule has 5 heteroatoms. The van der Waals surface area contributed by atoms with E-state index in [1.165, 1.54) is 12.1 Å². The lowest BCUT2D eigenvalue weighted by Crippen LogP contribution is -2.08. The number of carbonyl (C=O) groups is 1. The van der Waals surface area contributed by atoms with Crippen molar-refractivity contribution in [2.24, 2.45) is 0 Å². The summed E-state index contributed by atoms with van der Waals surface area (Å²) >= 11 is 5.91. The van der Waals surface area contributed by atoms with Crippen LogP contribution < -0.4 is 5.63 Å². The van der Waals surface area contributed by atoms with Crippen molar-refractivity contribution in [3.63, 3.8) is 0 Å². The van der Waals surface area contributed by atoms with Crippen molar-refractivity contribution < 1.29 is 13.9 Å². The Bertz CT molecular complexity index is 1190. The maximum atomic E-state index is 12.3.